The van der Waals surface area contributed by atoms with Gasteiger partial charge in [0.1, 0.15) is 23.7 Å². The number of carbonyl (C=O) groups is 2. The first-order chi connectivity index (χ1) is 14.6. The standard InChI is InChI=1S/C24H29NO5S/c1-14-15(2)24(4,28)12-17-9-10-23(3,30-20(14)17)13-29-18-7-5-16(6-8-18)11-19-21(26)25-22(27)31-19/h5-8,19,28H,9-13H2,1-4H3,(H,25,26,27). The van der Waals surface area contributed by atoms with Crippen LogP contribution in [-0.2, 0) is 16.0 Å². The third kappa shape index (κ3) is 4.53. The van der Waals surface area contributed by atoms with Crippen molar-refractivity contribution in [2.75, 3.05) is 6.61 Å². The van der Waals surface area contributed by atoms with E-state index >= 15 is 0 Å². The number of nitrogens with one attached hydrogen (secondary N) is 1. The minimum Gasteiger partial charge on any atom is -0.489 e. The molecule has 6 nitrogen and oxygen atoms in total. The molecule has 0 saturated carbocycles. The number of hydrogen-bond donors (Lipinski definition) is 2. The fourth-order valence-corrected chi connectivity index (χ4v) is 5.19. The van der Waals surface area contributed by atoms with Gasteiger partial charge in [0.2, 0.25) is 5.91 Å². The van der Waals surface area contributed by atoms with Gasteiger partial charge in [-0.15, -0.1) is 0 Å². The Morgan fingerprint density at radius 3 is 2.58 bits per heavy atom. The molecule has 0 aromatic heterocycles. The van der Waals surface area contributed by atoms with Gasteiger partial charge in [-0.25, -0.2) is 0 Å². The van der Waals surface area contributed by atoms with Gasteiger partial charge in [0, 0.05) is 6.42 Å². The number of amides is 2. The van der Waals surface area contributed by atoms with E-state index in [2.05, 4.69) is 12.2 Å². The van der Waals surface area contributed by atoms with Crippen molar-refractivity contribution in [2.24, 2.45) is 0 Å². The Morgan fingerprint density at radius 2 is 1.94 bits per heavy atom. The van der Waals surface area contributed by atoms with E-state index in [0.717, 1.165) is 52.8 Å². The Labute approximate surface area is 187 Å². The van der Waals surface area contributed by atoms with Crippen molar-refractivity contribution in [1.29, 1.82) is 0 Å². The second kappa shape index (κ2) is 8.02. The van der Waals surface area contributed by atoms with Gasteiger partial charge in [-0.3, -0.25) is 14.9 Å². The minimum atomic E-state index is -0.802. The maximum atomic E-state index is 11.7. The third-order valence-electron chi connectivity index (χ3n) is 6.55. The Kier molecular flexibility index (Phi) is 5.68. The highest BCUT2D eigenvalue weighted by molar-refractivity contribution is 8.15. The molecule has 3 aliphatic rings. The average Bonchev–Trinajstić information content (AvgIpc) is 3.03. The molecule has 0 spiro atoms. The molecule has 7 heteroatoms. The van der Waals surface area contributed by atoms with Gasteiger partial charge in [-0.2, -0.15) is 0 Å². The summed E-state index contributed by atoms with van der Waals surface area (Å²) in [5, 5.41) is 12.3. The van der Waals surface area contributed by atoms with Crippen molar-refractivity contribution >= 4 is 22.9 Å². The van der Waals surface area contributed by atoms with Crippen LogP contribution >= 0.6 is 11.8 Å². The largest absolute Gasteiger partial charge is 0.489 e. The predicted molar refractivity (Wildman–Crippen MR) is 120 cm³/mol. The summed E-state index contributed by atoms with van der Waals surface area (Å²) < 4.78 is 12.5. The molecule has 0 radical (unpaired) electrons. The molecule has 3 unspecified atom stereocenters. The molecular weight excluding hydrogens is 414 g/mol. The van der Waals surface area contributed by atoms with Crippen LogP contribution in [0, 0.1) is 0 Å². The van der Waals surface area contributed by atoms with Crippen LogP contribution in [0.2, 0.25) is 0 Å². The highest BCUT2D eigenvalue weighted by Gasteiger charge is 2.40. The Bertz CT molecular complexity index is 978. The Morgan fingerprint density at radius 1 is 1.23 bits per heavy atom. The van der Waals surface area contributed by atoms with E-state index in [0.29, 0.717) is 19.4 Å². The zero-order valence-electron chi connectivity index (χ0n) is 18.4. The SMILES string of the molecule is CC1=C(C)C(C)(O)CC2=C1OC(C)(COc1ccc(CC3SC(=O)NC3=O)cc1)CC2. The number of rotatable bonds is 5. The zero-order valence-corrected chi connectivity index (χ0v) is 19.2. The first-order valence-electron chi connectivity index (χ1n) is 10.6. The number of ether oxygens (including phenoxy) is 2. The second-order valence-corrected chi connectivity index (χ2v) is 10.4. The average molecular weight is 444 g/mol. The lowest BCUT2D eigenvalue weighted by Gasteiger charge is -2.42. The quantitative estimate of drug-likeness (QED) is 0.707. The molecule has 31 heavy (non-hydrogen) atoms. The van der Waals surface area contributed by atoms with Gasteiger partial charge in [0.05, 0.1) is 10.9 Å². The number of allylic oxidation sites excluding steroid dienone is 1. The lowest BCUT2D eigenvalue weighted by Crippen LogP contribution is -2.41. The predicted octanol–water partition coefficient (Wildman–Crippen LogP) is 4.27. The summed E-state index contributed by atoms with van der Waals surface area (Å²) in [6, 6.07) is 7.63. The van der Waals surface area contributed by atoms with Crippen molar-refractivity contribution in [1.82, 2.24) is 5.32 Å². The third-order valence-corrected chi connectivity index (χ3v) is 7.53. The monoisotopic (exact) mass is 443 g/mol. The van der Waals surface area contributed by atoms with E-state index < -0.39 is 11.2 Å². The van der Waals surface area contributed by atoms with Gasteiger partial charge in [0.15, 0.2) is 0 Å². The number of thioether (sulfide) groups is 1. The minimum absolute atomic E-state index is 0.227. The maximum Gasteiger partial charge on any atom is 0.286 e. The molecule has 1 fully saturated rings. The second-order valence-electron chi connectivity index (χ2n) is 9.21. The van der Waals surface area contributed by atoms with Gasteiger partial charge >= 0.3 is 0 Å². The summed E-state index contributed by atoms with van der Waals surface area (Å²) in [4.78, 5) is 23.0. The van der Waals surface area contributed by atoms with Crippen LogP contribution in [0.25, 0.3) is 0 Å². The summed E-state index contributed by atoms with van der Waals surface area (Å²) in [6.45, 7) is 8.33. The smallest absolute Gasteiger partial charge is 0.286 e. The fourth-order valence-electron chi connectivity index (χ4n) is 4.33. The van der Waals surface area contributed by atoms with Crippen LogP contribution in [0.15, 0.2) is 46.7 Å². The summed E-state index contributed by atoms with van der Waals surface area (Å²) in [6.07, 6.45) is 2.84. The van der Waals surface area contributed by atoms with E-state index in [9.17, 15) is 14.7 Å². The molecule has 1 aromatic carbocycles. The van der Waals surface area contributed by atoms with E-state index in [1.165, 1.54) is 5.57 Å². The van der Waals surface area contributed by atoms with Crippen molar-refractivity contribution in [2.45, 2.75) is 69.8 Å². The van der Waals surface area contributed by atoms with Crippen molar-refractivity contribution in [3.8, 4) is 5.75 Å². The Hall–Kier alpha value is -2.25. The molecule has 1 aliphatic carbocycles. The number of carbonyl (C=O) groups excluding carboxylic acids is 2. The normalized spacial score (nSPS) is 30.8. The molecule has 2 aliphatic heterocycles. The van der Waals surface area contributed by atoms with Crippen LogP contribution in [0.5, 0.6) is 5.75 Å². The van der Waals surface area contributed by atoms with E-state index in [1.807, 2.05) is 45.0 Å². The zero-order chi connectivity index (χ0) is 22.4. The molecule has 2 heterocycles. The van der Waals surface area contributed by atoms with E-state index in [-0.39, 0.29) is 16.4 Å². The molecule has 166 valence electrons. The van der Waals surface area contributed by atoms with Gasteiger partial charge in [-0.05, 0) is 81.4 Å². The first kappa shape index (κ1) is 22.0. The number of imide groups is 1. The van der Waals surface area contributed by atoms with Crippen LogP contribution in [0.4, 0.5) is 4.79 Å². The molecule has 2 N–H and O–H groups in total. The fraction of sp³-hybridized carbons (Fsp3) is 0.500. The van der Waals surface area contributed by atoms with Crippen LogP contribution < -0.4 is 10.1 Å². The summed E-state index contributed by atoms with van der Waals surface area (Å²) in [7, 11) is 0. The van der Waals surface area contributed by atoms with Gasteiger partial charge < -0.3 is 14.6 Å². The highest BCUT2D eigenvalue weighted by atomic mass is 32.2. The van der Waals surface area contributed by atoms with Gasteiger partial charge in [-0.1, -0.05) is 23.9 Å². The molecule has 4 rings (SSSR count). The van der Waals surface area contributed by atoms with Crippen LogP contribution in [-0.4, -0.2) is 39.3 Å². The first-order valence-corrected chi connectivity index (χ1v) is 11.5. The molecule has 2 amide bonds. The van der Waals surface area contributed by atoms with E-state index in [4.69, 9.17) is 9.47 Å². The number of hydrogen-bond acceptors (Lipinski definition) is 6. The highest BCUT2D eigenvalue weighted by Crippen LogP contribution is 2.45. The van der Waals surface area contributed by atoms with Crippen LogP contribution in [0.1, 0.15) is 52.5 Å². The Balaban J connectivity index is 1.37. The van der Waals surface area contributed by atoms with Gasteiger partial charge in [0.25, 0.3) is 5.24 Å². The van der Waals surface area contributed by atoms with Crippen LogP contribution in [0.3, 0.4) is 0 Å². The summed E-state index contributed by atoms with van der Waals surface area (Å²) in [5.74, 6) is 1.43. The summed E-state index contributed by atoms with van der Waals surface area (Å²) in [5.41, 5.74) is 2.90. The lowest BCUT2D eigenvalue weighted by molar-refractivity contribution is -0.118. The summed E-state index contributed by atoms with van der Waals surface area (Å²) >= 11 is 1.04. The van der Waals surface area contributed by atoms with E-state index in [1.54, 1.807) is 0 Å². The molecule has 0 bridgehead atoms. The molecule has 3 atom stereocenters. The topological polar surface area (TPSA) is 84.9 Å². The van der Waals surface area contributed by atoms with Crippen molar-refractivity contribution in [3.05, 3.63) is 52.3 Å². The molecule has 1 aromatic rings. The van der Waals surface area contributed by atoms with Crippen molar-refractivity contribution in [3.63, 3.8) is 0 Å². The number of benzene rings is 1. The lowest BCUT2D eigenvalue weighted by atomic mass is 9.77. The van der Waals surface area contributed by atoms with Crippen molar-refractivity contribution < 1.29 is 24.2 Å². The molecular formula is C24H29NO5S. The number of aliphatic hydroxyl groups is 1. The molecule has 1 saturated heterocycles. The maximum absolute atomic E-state index is 11.7.